The average molecular weight is 722 g/mol. The van der Waals surface area contributed by atoms with E-state index in [1.807, 2.05) is 16.4 Å². The molecule has 9 rings (SSSR count). The van der Waals surface area contributed by atoms with Crippen molar-refractivity contribution in [2.45, 2.75) is 49.9 Å². The summed E-state index contributed by atoms with van der Waals surface area (Å²) < 4.78 is 4.29. The number of imidazole rings is 1. The van der Waals surface area contributed by atoms with E-state index in [1.165, 1.54) is 21.6 Å². The minimum Gasteiger partial charge on any atom is -0.308 e. The number of aryl methyl sites for hydroxylation is 3. The van der Waals surface area contributed by atoms with Gasteiger partial charge in [-0.1, -0.05) is 134 Å². The molecule has 8 aromatic rings. The van der Waals surface area contributed by atoms with Crippen LogP contribution in [-0.4, -0.2) is 34.7 Å². The molecular weight excluding hydrogens is 683 g/mol. The van der Waals surface area contributed by atoms with Gasteiger partial charge in [0.15, 0.2) is 11.5 Å². The predicted molar refractivity (Wildman–Crippen MR) is 217 cm³/mol. The van der Waals surface area contributed by atoms with Crippen molar-refractivity contribution >= 4 is 34.6 Å². The van der Waals surface area contributed by atoms with Gasteiger partial charge < -0.3 is 4.57 Å². The molecule has 8 heteroatoms. The third-order valence-electron chi connectivity index (χ3n) is 10.4. The van der Waals surface area contributed by atoms with Crippen LogP contribution >= 0.6 is 11.8 Å². The molecule has 1 aliphatic heterocycles. The van der Waals surface area contributed by atoms with E-state index >= 15 is 0 Å². The van der Waals surface area contributed by atoms with Crippen LogP contribution in [-0.2, 0) is 24.3 Å². The first-order valence-corrected chi connectivity index (χ1v) is 19.4. The lowest BCUT2D eigenvalue weighted by atomic mass is 9.77. The molecule has 54 heavy (non-hydrogen) atoms. The molecule has 0 amide bonds. The molecule has 0 spiro atoms. The van der Waals surface area contributed by atoms with Gasteiger partial charge in [-0.2, -0.15) is 0 Å². The fraction of sp³-hybridized carbons (Fsp3) is 0.152. The van der Waals surface area contributed by atoms with Crippen molar-refractivity contribution in [1.29, 1.82) is 0 Å². The van der Waals surface area contributed by atoms with Gasteiger partial charge in [0, 0.05) is 22.8 Å². The molecule has 0 N–H and O–H groups in total. The molecule has 4 heterocycles. The number of hydrogen-bond donors (Lipinski definition) is 0. The van der Waals surface area contributed by atoms with Crippen LogP contribution in [0.5, 0.6) is 0 Å². The molecule has 0 bridgehead atoms. The first-order valence-electron chi connectivity index (χ1n) is 18.4. The van der Waals surface area contributed by atoms with Gasteiger partial charge in [-0.3, -0.25) is 0 Å². The standard InChI is InChI=1S/C46H39N7S/c1-4-42-48-44-31(2)26-32(3)47-45(44)52(42)29-33-24-25-39-40(38-23-15-14-16-34(38)30-54-41(39)27-33)28-43-49-50-51-53(43)46(35-17-8-5-9-18-35,36-19-10-6-11-20-36)37-21-12-7-13-22-37/h5-28H,4,29-30H2,1-3H3. The van der Waals surface area contributed by atoms with Crippen LogP contribution in [0.3, 0.4) is 0 Å². The van der Waals surface area contributed by atoms with Crippen molar-refractivity contribution in [3.8, 4) is 0 Å². The van der Waals surface area contributed by atoms with Gasteiger partial charge in [-0.15, -0.1) is 16.9 Å². The molecule has 0 saturated heterocycles. The monoisotopic (exact) mass is 721 g/mol. The summed E-state index contributed by atoms with van der Waals surface area (Å²) in [6, 6.07) is 49.3. The number of rotatable bonds is 8. The number of hydrogen-bond acceptors (Lipinski definition) is 6. The van der Waals surface area contributed by atoms with Crippen LogP contribution in [0.4, 0.5) is 0 Å². The Bertz CT molecular complexity index is 2550. The molecule has 0 unspecified atom stereocenters. The number of aromatic nitrogens is 7. The number of fused-ring (bicyclic) bond motifs is 3. The van der Waals surface area contributed by atoms with E-state index in [4.69, 9.17) is 20.3 Å². The van der Waals surface area contributed by atoms with E-state index in [0.29, 0.717) is 12.4 Å². The molecule has 3 aromatic heterocycles. The minimum atomic E-state index is -0.847. The van der Waals surface area contributed by atoms with Crippen LogP contribution in [0.15, 0.2) is 144 Å². The molecular formula is C46H39N7S. The highest BCUT2D eigenvalue weighted by molar-refractivity contribution is 7.98. The number of tetrazole rings is 1. The summed E-state index contributed by atoms with van der Waals surface area (Å²) in [6.45, 7) is 7.04. The fourth-order valence-corrected chi connectivity index (χ4v) is 9.13. The summed E-state index contributed by atoms with van der Waals surface area (Å²) in [5, 5.41) is 14.0. The lowest BCUT2D eigenvalue weighted by Gasteiger charge is -2.36. The van der Waals surface area contributed by atoms with Gasteiger partial charge in [-0.25, -0.2) is 14.6 Å². The lowest BCUT2D eigenvalue weighted by Crippen LogP contribution is -2.39. The Kier molecular flexibility index (Phi) is 8.75. The fourth-order valence-electron chi connectivity index (χ4n) is 8.00. The smallest absolute Gasteiger partial charge is 0.177 e. The van der Waals surface area contributed by atoms with E-state index in [9.17, 15) is 0 Å². The Morgan fingerprint density at radius 2 is 1.37 bits per heavy atom. The van der Waals surface area contributed by atoms with Crippen LogP contribution in [0.25, 0.3) is 22.8 Å². The SMILES string of the molecule is CCc1nc2c(C)cc(C)nc2n1Cc1ccc2c(c1)SCc1ccccc1C2=Cc1nnnn1C(c1ccccc1)(c1ccccc1)c1ccccc1. The van der Waals surface area contributed by atoms with Crippen LogP contribution < -0.4 is 0 Å². The summed E-state index contributed by atoms with van der Waals surface area (Å²) in [7, 11) is 0. The number of benzene rings is 5. The summed E-state index contributed by atoms with van der Waals surface area (Å²) >= 11 is 1.87. The van der Waals surface area contributed by atoms with Crippen molar-refractivity contribution in [3.05, 3.63) is 201 Å². The van der Waals surface area contributed by atoms with E-state index < -0.39 is 5.54 Å². The molecule has 0 aliphatic carbocycles. The minimum absolute atomic E-state index is 0.660. The summed E-state index contributed by atoms with van der Waals surface area (Å²) in [4.78, 5) is 11.2. The number of thioether (sulfide) groups is 1. The summed E-state index contributed by atoms with van der Waals surface area (Å²) in [5.41, 5.74) is 12.4. The third kappa shape index (κ3) is 5.74. The van der Waals surface area contributed by atoms with Crippen molar-refractivity contribution in [3.63, 3.8) is 0 Å². The first kappa shape index (κ1) is 33.7. The molecule has 7 nitrogen and oxygen atoms in total. The average Bonchev–Trinajstić information content (AvgIpc) is 3.78. The Labute approximate surface area is 319 Å². The van der Waals surface area contributed by atoms with Crippen LogP contribution in [0.2, 0.25) is 0 Å². The Hall–Kier alpha value is -6.12. The maximum absolute atomic E-state index is 5.01. The molecule has 0 atom stereocenters. The third-order valence-corrected chi connectivity index (χ3v) is 11.5. The molecule has 0 fully saturated rings. The lowest BCUT2D eigenvalue weighted by molar-refractivity contribution is 0.443. The topological polar surface area (TPSA) is 74.3 Å². The van der Waals surface area contributed by atoms with Gasteiger partial charge in [0.25, 0.3) is 0 Å². The van der Waals surface area contributed by atoms with Crippen LogP contribution in [0, 0.1) is 13.8 Å². The molecule has 5 aromatic carbocycles. The maximum Gasteiger partial charge on any atom is 0.177 e. The highest BCUT2D eigenvalue weighted by Gasteiger charge is 2.41. The zero-order chi connectivity index (χ0) is 36.6. The summed E-state index contributed by atoms with van der Waals surface area (Å²) in [6.07, 6.45) is 3.02. The van der Waals surface area contributed by atoms with Crippen molar-refractivity contribution in [1.82, 2.24) is 34.7 Å². The van der Waals surface area contributed by atoms with Gasteiger partial charge in [0.05, 0.1) is 6.54 Å². The molecule has 0 radical (unpaired) electrons. The van der Waals surface area contributed by atoms with Gasteiger partial charge in [-0.05, 0) is 92.6 Å². The largest absolute Gasteiger partial charge is 0.308 e. The molecule has 1 aliphatic rings. The Balaban J connectivity index is 1.23. The van der Waals surface area contributed by atoms with E-state index in [1.54, 1.807) is 0 Å². The Morgan fingerprint density at radius 1 is 0.722 bits per heavy atom. The Morgan fingerprint density at radius 3 is 2.04 bits per heavy atom. The summed E-state index contributed by atoms with van der Waals surface area (Å²) in [5.74, 6) is 2.56. The van der Waals surface area contributed by atoms with E-state index in [2.05, 4.69) is 176 Å². The zero-order valence-electron chi connectivity index (χ0n) is 30.5. The van der Waals surface area contributed by atoms with E-state index in [-0.39, 0.29) is 0 Å². The maximum atomic E-state index is 5.01. The second-order valence-electron chi connectivity index (χ2n) is 13.8. The predicted octanol–water partition coefficient (Wildman–Crippen LogP) is 9.68. The molecule has 264 valence electrons. The number of nitrogens with zero attached hydrogens (tertiary/aromatic N) is 7. The second kappa shape index (κ2) is 14.0. The number of pyridine rings is 1. The first-order chi connectivity index (χ1) is 26.5. The van der Waals surface area contributed by atoms with Crippen molar-refractivity contribution in [2.75, 3.05) is 0 Å². The zero-order valence-corrected chi connectivity index (χ0v) is 31.3. The van der Waals surface area contributed by atoms with Crippen molar-refractivity contribution in [2.24, 2.45) is 0 Å². The quantitative estimate of drug-likeness (QED) is 0.146. The second-order valence-corrected chi connectivity index (χ2v) is 14.8. The van der Waals surface area contributed by atoms with Gasteiger partial charge in [0.2, 0.25) is 0 Å². The van der Waals surface area contributed by atoms with Crippen LogP contribution in [0.1, 0.15) is 68.8 Å². The van der Waals surface area contributed by atoms with Crippen molar-refractivity contribution < 1.29 is 0 Å². The molecule has 0 saturated carbocycles. The highest BCUT2D eigenvalue weighted by atomic mass is 32.2. The highest BCUT2D eigenvalue weighted by Crippen LogP contribution is 2.44. The van der Waals surface area contributed by atoms with Gasteiger partial charge >= 0.3 is 0 Å². The van der Waals surface area contributed by atoms with E-state index in [0.717, 1.165) is 68.2 Å². The normalized spacial score (nSPS) is 13.5. The van der Waals surface area contributed by atoms with Gasteiger partial charge in [0.1, 0.15) is 16.9 Å².